The molecule has 0 aliphatic carbocycles. The molecule has 1 aromatic carbocycles. The van der Waals surface area contributed by atoms with E-state index in [2.05, 4.69) is 0 Å². The van der Waals surface area contributed by atoms with E-state index in [1.54, 1.807) is 0 Å². The molecule has 0 bridgehead atoms. The molecule has 0 atom stereocenters. The number of halogens is 4. The first kappa shape index (κ1) is 9.19. The summed E-state index contributed by atoms with van der Waals surface area (Å²) in [7, 11) is 0. The van der Waals surface area contributed by atoms with Gasteiger partial charge in [0.2, 0.25) is 0 Å². The molecular weight excluding hydrogens is 193 g/mol. The summed E-state index contributed by atoms with van der Waals surface area (Å²) in [5, 5.41) is 8.32. The van der Waals surface area contributed by atoms with Crippen molar-refractivity contribution in [2.75, 3.05) is 0 Å². The van der Waals surface area contributed by atoms with Crippen LogP contribution in [-0.4, -0.2) is 5.11 Å². The van der Waals surface area contributed by atoms with E-state index in [9.17, 15) is 13.2 Å². The third-order valence-electron chi connectivity index (χ3n) is 1.28. The highest BCUT2D eigenvalue weighted by Gasteiger charge is 2.36. The van der Waals surface area contributed by atoms with Crippen molar-refractivity contribution in [1.82, 2.24) is 0 Å². The highest BCUT2D eigenvalue weighted by molar-refractivity contribution is 6.31. The van der Waals surface area contributed by atoms with Crippen LogP contribution in [0.1, 0.15) is 5.56 Å². The van der Waals surface area contributed by atoms with Gasteiger partial charge in [-0.3, -0.25) is 0 Å². The fraction of sp³-hybridized carbons (Fsp3) is 0.143. The van der Waals surface area contributed by atoms with Crippen molar-refractivity contribution in [2.24, 2.45) is 0 Å². The van der Waals surface area contributed by atoms with E-state index in [1.807, 2.05) is 0 Å². The van der Waals surface area contributed by atoms with E-state index in [-0.39, 0.29) is 0 Å². The van der Waals surface area contributed by atoms with Gasteiger partial charge in [0, 0.05) is 0 Å². The Morgan fingerprint density at radius 2 is 1.83 bits per heavy atom. The minimum atomic E-state index is -4.61. The largest absolute Gasteiger partial charge is 0.507 e. The zero-order chi connectivity index (χ0) is 9.35. The Morgan fingerprint density at radius 3 is 2.17 bits per heavy atom. The van der Waals surface area contributed by atoms with Crippen molar-refractivity contribution in [3.63, 3.8) is 0 Å². The molecule has 0 unspecified atom stereocenters. The molecule has 0 saturated heterocycles. The number of aromatic hydroxyl groups is 1. The second-order valence-electron chi connectivity index (χ2n) is 2.13. The van der Waals surface area contributed by atoms with Crippen LogP contribution < -0.4 is 0 Å². The molecule has 1 aromatic rings. The summed E-state index contributed by atoms with van der Waals surface area (Å²) in [5.74, 6) is -0.852. The van der Waals surface area contributed by atoms with E-state index >= 15 is 0 Å². The van der Waals surface area contributed by atoms with Crippen LogP contribution in [0.5, 0.6) is 5.75 Å². The normalized spacial score (nSPS) is 11.7. The number of phenolic OH excluding ortho intramolecular Hbond substituents is 1. The van der Waals surface area contributed by atoms with Crippen LogP contribution in [0.2, 0.25) is 5.02 Å². The lowest BCUT2D eigenvalue weighted by molar-refractivity contribution is -0.138. The van der Waals surface area contributed by atoms with Crippen LogP contribution in [-0.2, 0) is 6.18 Å². The highest BCUT2D eigenvalue weighted by atomic mass is 35.5. The van der Waals surface area contributed by atoms with Gasteiger partial charge in [-0.15, -0.1) is 0 Å². The van der Waals surface area contributed by atoms with Crippen molar-refractivity contribution in [1.29, 1.82) is 0 Å². The Balaban J connectivity index is 3.31. The van der Waals surface area contributed by atoms with Crippen LogP contribution in [0.15, 0.2) is 18.2 Å². The lowest BCUT2D eigenvalue weighted by atomic mass is 10.2. The minimum Gasteiger partial charge on any atom is -0.507 e. The van der Waals surface area contributed by atoms with Gasteiger partial charge in [0.25, 0.3) is 0 Å². The summed E-state index contributed by atoms with van der Waals surface area (Å²) < 4.78 is 36.2. The van der Waals surface area contributed by atoms with Crippen LogP contribution >= 0.6 is 11.6 Å². The Hall–Kier alpha value is -0.900. The average molecular weight is 197 g/mol. The standard InChI is InChI=1S/C7H4ClF3O/c8-4-2-1-3-5(12)6(4)7(9,10)11/h1-3,12H. The molecule has 0 amide bonds. The number of alkyl halides is 3. The monoisotopic (exact) mass is 196 g/mol. The van der Waals surface area contributed by atoms with E-state index < -0.39 is 22.5 Å². The molecule has 1 nitrogen and oxygen atoms in total. The number of hydrogen-bond donors (Lipinski definition) is 1. The molecule has 0 radical (unpaired) electrons. The van der Waals surface area contributed by atoms with Crippen molar-refractivity contribution in [3.05, 3.63) is 28.8 Å². The molecule has 1 rings (SSSR count). The molecule has 0 saturated carbocycles. The molecule has 0 spiro atoms. The number of hydrogen-bond acceptors (Lipinski definition) is 1. The molecule has 5 heteroatoms. The molecule has 1 N–H and O–H groups in total. The third kappa shape index (κ3) is 1.64. The number of rotatable bonds is 0. The van der Waals surface area contributed by atoms with Crippen molar-refractivity contribution >= 4 is 11.6 Å². The lowest BCUT2D eigenvalue weighted by Gasteiger charge is -2.09. The first-order chi connectivity index (χ1) is 5.43. The van der Waals surface area contributed by atoms with Crippen LogP contribution in [0.4, 0.5) is 13.2 Å². The zero-order valence-electron chi connectivity index (χ0n) is 5.69. The maximum Gasteiger partial charge on any atom is 0.421 e. The van der Waals surface area contributed by atoms with E-state index in [0.717, 1.165) is 12.1 Å². The van der Waals surface area contributed by atoms with Gasteiger partial charge in [-0.25, -0.2) is 0 Å². The first-order valence-corrected chi connectivity index (χ1v) is 3.35. The third-order valence-corrected chi connectivity index (χ3v) is 1.59. The molecule has 66 valence electrons. The molecule has 12 heavy (non-hydrogen) atoms. The SMILES string of the molecule is Oc1cccc(Cl)c1C(F)(F)F. The number of phenols is 1. The summed E-state index contributed by atoms with van der Waals surface area (Å²) in [5.41, 5.74) is -1.19. The van der Waals surface area contributed by atoms with Gasteiger partial charge in [0.05, 0.1) is 5.02 Å². The fourth-order valence-corrected chi connectivity index (χ4v) is 1.07. The predicted octanol–water partition coefficient (Wildman–Crippen LogP) is 3.06. The second-order valence-corrected chi connectivity index (χ2v) is 2.54. The van der Waals surface area contributed by atoms with Crippen molar-refractivity contribution in [3.8, 4) is 5.75 Å². The summed E-state index contributed by atoms with van der Waals surface area (Å²) >= 11 is 5.23. The van der Waals surface area contributed by atoms with Gasteiger partial charge >= 0.3 is 6.18 Å². The molecule has 0 aromatic heterocycles. The van der Waals surface area contributed by atoms with Gasteiger partial charge in [-0.1, -0.05) is 17.7 Å². The maximum absolute atomic E-state index is 12.1. The smallest absolute Gasteiger partial charge is 0.421 e. The lowest BCUT2D eigenvalue weighted by Crippen LogP contribution is -2.05. The molecule has 0 aliphatic rings. The summed E-state index contributed by atoms with van der Waals surface area (Å²) in [6.45, 7) is 0. The molecular formula is C7H4ClF3O. The Kier molecular flexibility index (Phi) is 2.19. The van der Waals surface area contributed by atoms with Gasteiger partial charge in [0.15, 0.2) is 0 Å². The van der Waals surface area contributed by atoms with E-state index in [0.29, 0.717) is 0 Å². The molecule has 0 fully saturated rings. The Labute approximate surface area is 71.4 Å². The van der Waals surface area contributed by atoms with Crippen LogP contribution in [0.3, 0.4) is 0 Å². The van der Waals surface area contributed by atoms with E-state index in [4.69, 9.17) is 16.7 Å². The van der Waals surface area contributed by atoms with Crippen LogP contribution in [0.25, 0.3) is 0 Å². The van der Waals surface area contributed by atoms with Gasteiger partial charge in [-0.05, 0) is 12.1 Å². The first-order valence-electron chi connectivity index (χ1n) is 2.97. The fourth-order valence-electron chi connectivity index (χ4n) is 0.793. The maximum atomic E-state index is 12.1. The quantitative estimate of drug-likeness (QED) is 0.676. The summed E-state index contributed by atoms with van der Waals surface area (Å²) in [6, 6.07) is 3.26. The molecule has 0 heterocycles. The Morgan fingerprint density at radius 1 is 1.25 bits per heavy atom. The second kappa shape index (κ2) is 2.86. The van der Waals surface area contributed by atoms with E-state index in [1.165, 1.54) is 6.07 Å². The summed E-state index contributed by atoms with van der Waals surface area (Å²) in [6.07, 6.45) is -4.61. The highest BCUT2D eigenvalue weighted by Crippen LogP contribution is 2.39. The van der Waals surface area contributed by atoms with Crippen LogP contribution in [0, 0.1) is 0 Å². The zero-order valence-corrected chi connectivity index (χ0v) is 6.45. The molecule has 0 aliphatic heterocycles. The van der Waals surface area contributed by atoms with Gasteiger partial charge < -0.3 is 5.11 Å². The topological polar surface area (TPSA) is 20.2 Å². The number of benzene rings is 1. The van der Waals surface area contributed by atoms with Gasteiger partial charge in [-0.2, -0.15) is 13.2 Å². The average Bonchev–Trinajstić information content (AvgIpc) is 1.82. The Bertz CT molecular complexity index is 275. The summed E-state index contributed by atoms with van der Waals surface area (Å²) in [4.78, 5) is 0. The predicted molar refractivity (Wildman–Crippen MR) is 38.1 cm³/mol. The van der Waals surface area contributed by atoms with Gasteiger partial charge in [0.1, 0.15) is 11.3 Å². The van der Waals surface area contributed by atoms with Crippen molar-refractivity contribution < 1.29 is 18.3 Å². The van der Waals surface area contributed by atoms with Crippen molar-refractivity contribution in [2.45, 2.75) is 6.18 Å². The minimum absolute atomic E-state index is 0.498.